The Hall–Kier alpha value is -1.88. The summed E-state index contributed by atoms with van der Waals surface area (Å²) >= 11 is 0. The smallest absolute Gasteiger partial charge is 0.251 e. The monoisotopic (exact) mass is 285 g/mol. The van der Waals surface area contributed by atoms with E-state index >= 15 is 0 Å². The van der Waals surface area contributed by atoms with Gasteiger partial charge >= 0.3 is 0 Å². The molecule has 2 aliphatic heterocycles. The number of nitrogens with one attached hydrogen (secondary N) is 2. The van der Waals surface area contributed by atoms with Crippen molar-refractivity contribution >= 4 is 17.5 Å². The van der Waals surface area contributed by atoms with Crippen LogP contribution in [0.15, 0.2) is 24.3 Å². The molecule has 0 bridgehead atoms. The van der Waals surface area contributed by atoms with E-state index in [1.165, 1.54) is 0 Å². The van der Waals surface area contributed by atoms with Crippen molar-refractivity contribution in [3.05, 3.63) is 29.8 Å². The van der Waals surface area contributed by atoms with Crippen molar-refractivity contribution in [2.24, 2.45) is 5.92 Å². The molecular weight excluding hydrogens is 266 g/mol. The molecule has 1 atom stereocenters. The number of carbonyl (C=O) groups excluding carboxylic acids is 2. The van der Waals surface area contributed by atoms with Gasteiger partial charge in [-0.05, 0) is 37.4 Å². The summed E-state index contributed by atoms with van der Waals surface area (Å²) in [4.78, 5) is 27.4. The number of nitrogens with zero attached hydrogens (tertiary/aromatic N) is 1. The summed E-state index contributed by atoms with van der Waals surface area (Å²) < 4.78 is 0. The lowest BCUT2D eigenvalue weighted by Gasteiger charge is -2.37. The molecule has 1 aliphatic carbocycles. The van der Waals surface area contributed by atoms with Gasteiger partial charge in [0.15, 0.2) is 0 Å². The largest absolute Gasteiger partial charge is 0.324 e. The first kappa shape index (κ1) is 12.8. The van der Waals surface area contributed by atoms with Crippen molar-refractivity contribution in [1.29, 1.82) is 0 Å². The Kier molecular flexibility index (Phi) is 2.79. The number of hydrogen-bond donors (Lipinski definition) is 2. The fraction of sp³-hybridized carbons (Fsp3) is 0.500. The number of carbonyl (C=O) groups is 2. The molecule has 5 nitrogen and oxygen atoms in total. The van der Waals surface area contributed by atoms with Crippen LogP contribution in [0.25, 0.3) is 0 Å². The molecule has 0 aromatic heterocycles. The van der Waals surface area contributed by atoms with Crippen LogP contribution in [0.2, 0.25) is 0 Å². The zero-order chi connectivity index (χ0) is 14.4. The summed E-state index contributed by atoms with van der Waals surface area (Å²) in [5, 5.41) is 6.28. The first-order chi connectivity index (χ1) is 10.2. The summed E-state index contributed by atoms with van der Waals surface area (Å²) in [6, 6.07) is 7.77. The van der Waals surface area contributed by atoms with Crippen LogP contribution in [0.4, 0.5) is 5.69 Å². The third-order valence-electron chi connectivity index (χ3n) is 4.86. The molecule has 3 aliphatic rings. The van der Waals surface area contributed by atoms with Gasteiger partial charge in [-0.3, -0.25) is 9.59 Å². The summed E-state index contributed by atoms with van der Waals surface area (Å²) in [6.45, 7) is 1.84. The minimum absolute atomic E-state index is 0.0496. The lowest BCUT2D eigenvalue weighted by atomic mass is 9.94. The SMILES string of the molecule is O=C(C1CC1)N1Cc2ccccc2NC(=O)C12CCNC2. The fourth-order valence-electron chi connectivity index (χ4n) is 3.41. The summed E-state index contributed by atoms with van der Waals surface area (Å²) in [6.07, 6.45) is 2.61. The minimum Gasteiger partial charge on any atom is -0.324 e. The van der Waals surface area contributed by atoms with E-state index in [4.69, 9.17) is 0 Å². The van der Waals surface area contributed by atoms with Gasteiger partial charge in [0.05, 0.1) is 0 Å². The standard InChI is InChI=1S/C16H19N3O2/c20-14(11-5-6-11)19-9-12-3-1-2-4-13(12)18-15(21)16(19)7-8-17-10-16/h1-4,11,17H,5-10H2,(H,18,21). The number of hydrogen-bond acceptors (Lipinski definition) is 3. The summed E-state index contributed by atoms with van der Waals surface area (Å²) in [7, 11) is 0. The Labute approximate surface area is 123 Å². The Morgan fingerprint density at radius 2 is 2.10 bits per heavy atom. The lowest BCUT2D eigenvalue weighted by molar-refractivity contribution is -0.146. The van der Waals surface area contributed by atoms with Crippen molar-refractivity contribution in [2.75, 3.05) is 18.4 Å². The molecule has 110 valence electrons. The van der Waals surface area contributed by atoms with E-state index in [2.05, 4.69) is 10.6 Å². The predicted octanol–water partition coefficient (Wildman–Crippen LogP) is 1.11. The third-order valence-corrected chi connectivity index (χ3v) is 4.86. The van der Waals surface area contributed by atoms with Crippen molar-refractivity contribution < 1.29 is 9.59 Å². The Morgan fingerprint density at radius 1 is 1.29 bits per heavy atom. The normalized spacial score (nSPS) is 28.2. The fourth-order valence-corrected chi connectivity index (χ4v) is 3.41. The quantitative estimate of drug-likeness (QED) is 0.812. The molecule has 21 heavy (non-hydrogen) atoms. The molecule has 0 radical (unpaired) electrons. The molecule has 4 rings (SSSR count). The van der Waals surface area contributed by atoms with Crippen molar-refractivity contribution in [3.8, 4) is 0 Å². The van der Waals surface area contributed by atoms with Crippen LogP contribution < -0.4 is 10.6 Å². The molecule has 1 spiro atoms. The zero-order valence-electron chi connectivity index (χ0n) is 11.9. The second kappa shape index (κ2) is 4.56. The lowest BCUT2D eigenvalue weighted by Crippen LogP contribution is -2.59. The second-order valence-electron chi connectivity index (χ2n) is 6.27. The van der Waals surface area contributed by atoms with Gasteiger partial charge in [0, 0.05) is 24.7 Å². The number of amides is 2. The number of benzene rings is 1. The molecule has 5 heteroatoms. The number of para-hydroxylation sites is 1. The van der Waals surface area contributed by atoms with Gasteiger partial charge in [-0.2, -0.15) is 0 Å². The van der Waals surface area contributed by atoms with Gasteiger partial charge in [-0.15, -0.1) is 0 Å². The van der Waals surface area contributed by atoms with E-state index in [1.807, 2.05) is 29.2 Å². The van der Waals surface area contributed by atoms with Gasteiger partial charge in [0.25, 0.3) is 5.91 Å². The average Bonchev–Trinajstić information content (AvgIpc) is 3.24. The van der Waals surface area contributed by atoms with Gasteiger partial charge in [-0.25, -0.2) is 0 Å². The first-order valence-electron chi connectivity index (χ1n) is 7.62. The first-order valence-corrected chi connectivity index (χ1v) is 7.62. The van der Waals surface area contributed by atoms with Gasteiger partial charge < -0.3 is 15.5 Å². The molecule has 1 aromatic rings. The molecule has 1 saturated heterocycles. The molecule has 1 unspecified atom stereocenters. The Bertz CT molecular complexity index is 603. The van der Waals surface area contributed by atoms with Crippen molar-refractivity contribution in [2.45, 2.75) is 31.3 Å². The van der Waals surface area contributed by atoms with E-state index in [0.29, 0.717) is 19.5 Å². The van der Waals surface area contributed by atoms with Crippen LogP contribution in [-0.2, 0) is 16.1 Å². The average molecular weight is 285 g/mol. The van der Waals surface area contributed by atoms with Crippen LogP contribution in [-0.4, -0.2) is 35.3 Å². The molecule has 2 heterocycles. The highest BCUT2D eigenvalue weighted by Crippen LogP contribution is 2.38. The summed E-state index contributed by atoms with van der Waals surface area (Å²) in [5.74, 6) is 0.220. The Balaban J connectivity index is 1.79. The van der Waals surface area contributed by atoms with E-state index in [1.54, 1.807) is 0 Å². The van der Waals surface area contributed by atoms with Gasteiger partial charge in [0.2, 0.25) is 5.91 Å². The van der Waals surface area contributed by atoms with Gasteiger partial charge in [0.1, 0.15) is 5.54 Å². The van der Waals surface area contributed by atoms with Crippen LogP contribution in [0.1, 0.15) is 24.8 Å². The van der Waals surface area contributed by atoms with Crippen LogP contribution >= 0.6 is 0 Å². The third kappa shape index (κ3) is 1.95. The maximum absolute atomic E-state index is 12.8. The number of rotatable bonds is 1. The van der Waals surface area contributed by atoms with Crippen LogP contribution in [0, 0.1) is 5.92 Å². The Morgan fingerprint density at radius 3 is 2.81 bits per heavy atom. The zero-order valence-corrected chi connectivity index (χ0v) is 11.9. The highest BCUT2D eigenvalue weighted by molar-refractivity contribution is 6.03. The van der Waals surface area contributed by atoms with Crippen molar-refractivity contribution in [3.63, 3.8) is 0 Å². The van der Waals surface area contributed by atoms with Crippen LogP contribution in [0.5, 0.6) is 0 Å². The second-order valence-corrected chi connectivity index (χ2v) is 6.27. The van der Waals surface area contributed by atoms with Crippen molar-refractivity contribution in [1.82, 2.24) is 10.2 Å². The highest BCUT2D eigenvalue weighted by Gasteiger charge is 2.52. The van der Waals surface area contributed by atoms with E-state index in [-0.39, 0.29) is 17.7 Å². The van der Waals surface area contributed by atoms with Gasteiger partial charge in [-0.1, -0.05) is 18.2 Å². The molecule has 1 aromatic carbocycles. The van der Waals surface area contributed by atoms with E-state index in [0.717, 1.165) is 30.6 Å². The number of fused-ring (bicyclic) bond motifs is 1. The summed E-state index contributed by atoms with van der Waals surface area (Å²) in [5.41, 5.74) is 1.13. The van der Waals surface area contributed by atoms with Crippen LogP contribution in [0.3, 0.4) is 0 Å². The predicted molar refractivity (Wildman–Crippen MR) is 78.6 cm³/mol. The maximum Gasteiger partial charge on any atom is 0.251 e. The minimum atomic E-state index is -0.724. The molecular formula is C16H19N3O2. The van der Waals surface area contributed by atoms with E-state index in [9.17, 15) is 9.59 Å². The number of anilines is 1. The topological polar surface area (TPSA) is 61.4 Å². The van der Waals surface area contributed by atoms with E-state index < -0.39 is 5.54 Å². The molecule has 2 N–H and O–H groups in total. The molecule has 2 fully saturated rings. The highest BCUT2D eigenvalue weighted by atomic mass is 16.2. The maximum atomic E-state index is 12.8. The molecule has 2 amide bonds. The molecule has 1 saturated carbocycles.